The molecule has 1 N–H and O–H groups in total. The van der Waals surface area contributed by atoms with E-state index in [1.807, 2.05) is 13.8 Å². The maximum atomic E-state index is 10.6. The van der Waals surface area contributed by atoms with E-state index in [4.69, 9.17) is 4.74 Å². The summed E-state index contributed by atoms with van der Waals surface area (Å²) in [5, 5.41) is 13.6. The van der Waals surface area contributed by atoms with E-state index < -0.39 is 4.92 Å². The number of aromatic nitrogens is 2. The molecule has 0 atom stereocenters. The van der Waals surface area contributed by atoms with Crippen LogP contribution in [0.25, 0.3) is 0 Å². The van der Waals surface area contributed by atoms with Crippen molar-refractivity contribution in [2.75, 3.05) is 11.9 Å². The summed E-state index contributed by atoms with van der Waals surface area (Å²) in [6.45, 7) is 4.49. The zero-order valence-electron chi connectivity index (χ0n) is 11.2. The number of hydrogen-bond donors (Lipinski definition) is 1. The zero-order valence-corrected chi connectivity index (χ0v) is 11.2. The molecule has 1 heterocycles. The first-order valence-corrected chi connectivity index (χ1v) is 6.10. The van der Waals surface area contributed by atoms with E-state index in [2.05, 4.69) is 15.3 Å². The molecule has 0 bridgehead atoms. The summed E-state index contributed by atoms with van der Waals surface area (Å²) in [4.78, 5) is 18.5. The van der Waals surface area contributed by atoms with Crippen LogP contribution in [0.2, 0.25) is 0 Å². The largest absolute Gasteiger partial charge is 0.439 e. The third-order valence-electron chi connectivity index (χ3n) is 2.44. The predicted octanol–water partition coefficient (Wildman–Crippen LogP) is 2.92. The minimum absolute atomic E-state index is 0.0181. The molecule has 104 valence electrons. The van der Waals surface area contributed by atoms with Crippen LogP contribution in [-0.2, 0) is 0 Å². The third kappa shape index (κ3) is 3.41. The third-order valence-corrected chi connectivity index (χ3v) is 2.44. The number of nitro benzene ring substituents is 1. The Morgan fingerprint density at radius 2 is 2.00 bits per heavy atom. The summed E-state index contributed by atoms with van der Waals surface area (Å²) in [6, 6.07) is 7.52. The molecule has 0 saturated heterocycles. The molecule has 0 fully saturated rings. The first-order valence-electron chi connectivity index (χ1n) is 6.10. The number of nitrogens with zero attached hydrogens (tertiary/aromatic N) is 3. The highest BCUT2D eigenvalue weighted by atomic mass is 16.6. The normalized spacial score (nSPS) is 10.1. The summed E-state index contributed by atoms with van der Waals surface area (Å²) in [5.41, 5.74) is 0.789. The van der Waals surface area contributed by atoms with Crippen LogP contribution in [0.1, 0.15) is 12.6 Å². The first kappa shape index (κ1) is 13.7. The minimum atomic E-state index is -0.456. The molecule has 0 aliphatic rings. The summed E-state index contributed by atoms with van der Waals surface area (Å²) < 4.78 is 5.57. The van der Waals surface area contributed by atoms with Gasteiger partial charge in [-0.2, -0.15) is 4.98 Å². The number of nitro groups is 1. The van der Waals surface area contributed by atoms with Crippen molar-refractivity contribution in [2.45, 2.75) is 13.8 Å². The van der Waals surface area contributed by atoms with Crippen molar-refractivity contribution < 1.29 is 9.66 Å². The second-order valence-corrected chi connectivity index (χ2v) is 4.05. The van der Waals surface area contributed by atoms with Gasteiger partial charge < -0.3 is 10.1 Å². The summed E-state index contributed by atoms with van der Waals surface area (Å²) in [6.07, 6.45) is 0. The van der Waals surface area contributed by atoms with Crippen molar-refractivity contribution >= 4 is 11.6 Å². The number of anilines is 1. The molecule has 1 aromatic carbocycles. The molecule has 7 nitrogen and oxygen atoms in total. The van der Waals surface area contributed by atoms with Gasteiger partial charge in [0, 0.05) is 30.4 Å². The fourth-order valence-electron chi connectivity index (χ4n) is 1.59. The van der Waals surface area contributed by atoms with E-state index in [1.54, 1.807) is 6.07 Å². The van der Waals surface area contributed by atoms with Crippen LogP contribution in [0, 0.1) is 17.0 Å². The van der Waals surface area contributed by atoms with Crippen molar-refractivity contribution in [1.82, 2.24) is 9.97 Å². The van der Waals surface area contributed by atoms with Crippen LogP contribution in [0.3, 0.4) is 0 Å². The van der Waals surface area contributed by atoms with E-state index in [0.717, 1.165) is 5.69 Å². The van der Waals surface area contributed by atoms with Gasteiger partial charge in [0.25, 0.3) is 5.69 Å². The van der Waals surface area contributed by atoms with Crippen molar-refractivity contribution in [3.05, 3.63) is 46.1 Å². The van der Waals surface area contributed by atoms with Gasteiger partial charge in [-0.3, -0.25) is 10.1 Å². The number of benzene rings is 1. The number of ether oxygens (including phenoxy) is 1. The average Bonchev–Trinajstić information content (AvgIpc) is 2.39. The molecule has 0 unspecified atom stereocenters. The van der Waals surface area contributed by atoms with Crippen molar-refractivity contribution in [2.24, 2.45) is 0 Å². The van der Waals surface area contributed by atoms with Gasteiger partial charge in [-0.25, -0.2) is 4.98 Å². The molecule has 0 amide bonds. The lowest BCUT2D eigenvalue weighted by Crippen LogP contribution is -2.03. The Bertz CT molecular complexity index is 614. The second-order valence-electron chi connectivity index (χ2n) is 4.05. The molecule has 1 aromatic heterocycles. The highest BCUT2D eigenvalue weighted by Gasteiger charge is 2.07. The summed E-state index contributed by atoms with van der Waals surface area (Å²) in [7, 11) is 0. The maximum absolute atomic E-state index is 10.6. The monoisotopic (exact) mass is 274 g/mol. The van der Waals surface area contributed by atoms with Gasteiger partial charge in [-0.15, -0.1) is 0 Å². The number of hydrogen-bond acceptors (Lipinski definition) is 6. The molecule has 0 saturated carbocycles. The second kappa shape index (κ2) is 5.96. The summed E-state index contributed by atoms with van der Waals surface area (Å²) in [5.74, 6) is 1.36. The van der Waals surface area contributed by atoms with Gasteiger partial charge in [0.1, 0.15) is 5.75 Å². The zero-order chi connectivity index (χ0) is 14.5. The van der Waals surface area contributed by atoms with E-state index in [1.165, 1.54) is 24.3 Å². The Kier molecular flexibility index (Phi) is 4.09. The topological polar surface area (TPSA) is 90.2 Å². The number of aryl methyl sites for hydroxylation is 1. The molecule has 20 heavy (non-hydrogen) atoms. The van der Waals surface area contributed by atoms with Crippen LogP contribution in [0.4, 0.5) is 11.6 Å². The fraction of sp³-hybridized carbons (Fsp3) is 0.231. The highest BCUT2D eigenvalue weighted by Crippen LogP contribution is 2.23. The van der Waals surface area contributed by atoms with Gasteiger partial charge in [0.2, 0.25) is 11.8 Å². The van der Waals surface area contributed by atoms with E-state index in [9.17, 15) is 10.1 Å². The van der Waals surface area contributed by atoms with Crippen molar-refractivity contribution in [3.63, 3.8) is 0 Å². The predicted molar refractivity (Wildman–Crippen MR) is 74.1 cm³/mol. The van der Waals surface area contributed by atoms with Crippen LogP contribution < -0.4 is 10.1 Å². The molecule has 0 aliphatic heterocycles. The number of nitrogens with one attached hydrogen (secondary N) is 1. The highest BCUT2D eigenvalue weighted by molar-refractivity contribution is 5.38. The lowest BCUT2D eigenvalue weighted by Gasteiger charge is -2.08. The molecule has 0 radical (unpaired) electrons. The van der Waals surface area contributed by atoms with Crippen LogP contribution in [-0.4, -0.2) is 21.4 Å². The van der Waals surface area contributed by atoms with Crippen LogP contribution >= 0.6 is 0 Å². The Balaban J connectivity index is 2.18. The van der Waals surface area contributed by atoms with Gasteiger partial charge in [0.05, 0.1) is 4.92 Å². The fourth-order valence-corrected chi connectivity index (χ4v) is 1.59. The molecule has 0 spiro atoms. The molecular formula is C13H14N4O3. The Hall–Kier alpha value is -2.70. The molecule has 2 aromatic rings. The molecular weight excluding hydrogens is 260 g/mol. The first-order chi connectivity index (χ1) is 9.58. The van der Waals surface area contributed by atoms with Crippen molar-refractivity contribution in [1.29, 1.82) is 0 Å². The number of non-ortho nitro benzene ring substituents is 1. The number of rotatable bonds is 5. The van der Waals surface area contributed by atoms with E-state index >= 15 is 0 Å². The van der Waals surface area contributed by atoms with Crippen LogP contribution in [0.5, 0.6) is 11.6 Å². The maximum Gasteiger partial charge on any atom is 0.269 e. The van der Waals surface area contributed by atoms with Gasteiger partial charge >= 0.3 is 0 Å². The smallest absolute Gasteiger partial charge is 0.269 e. The molecule has 2 rings (SSSR count). The summed E-state index contributed by atoms with van der Waals surface area (Å²) >= 11 is 0. The lowest BCUT2D eigenvalue weighted by atomic mass is 10.3. The van der Waals surface area contributed by atoms with E-state index in [0.29, 0.717) is 24.1 Å². The van der Waals surface area contributed by atoms with Gasteiger partial charge in [0.15, 0.2) is 0 Å². The standard InChI is InChI=1S/C13H14N4O3/c1-3-14-13-15-9(2)8-12(16-13)20-11-6-4-10(5-7-11)17(18)19/h4-8H,3H2,1-2H3,(H,14,15,16). The lowest BCUT2D eigenvalue weighted by molar-refractivity contribution is -0.384. The molecule has 0 aliphatic carbocycles. The quantitative estimate of drug-likeness (QED) is 0.666. The Labute approximate surface area is 115 Å². The van der Waals surface area contributed by atoms with Crippen molar-refractivity contribution in [3.8, 4) is 11.6 Å². The Morgan fingerprint density at radius 1 is 1.30 bits per heavy atom. The Morgan fingerprint density at radius 3 is 2.60 bits per heavy atom. The van der Waals surface area contributed by atoms with E-state index in [-0.39, 0.29) is 5.69 Å². The minimum Gasteiger partial charge on any atom is -0.439 e. The van der Waals surface area contributed by atoms with Gasteiger partial charge in [-0.05, 0) is 26.0 Å². The van der Waals surface area contributed by atoms with Gasteiger partial charge in [-0.1, -0.05) is 0 Å². The molecule has 7 heteroatoms. The van der Waals surface area contributed by atoms with Crippen LogP contribution in [0.15, 0.2) is 30.3 Å². The SMILES string of the molecule is CCNc1nc(C)cc(Oc2ccc([N+](=O)[O-])cc2)n1. The average molecular weight is 274 g/mol.